The van der Waals surface area contributed by atoms with Gasteiger partial charge in [-0.1, -0.05) is 11.6 Å². The van der Waals surface area contributed by atoms with Gasteiger partial charge in [0.05, 0.1) is 12.6 Å². The minimum atomic E-state index is -0.455. The summed E-state index contributed by atoms with van der Waals surface area (Å²) in [6.45, 7) is -0.134. The molecule has 5 N–H and O–H groups in total. The second-order valence-corrected chi connectivity index (χ2v) is 3.00. The van der Waals surface area contributed by atoms with Gasteiger partial charge < -0.3 is 16.6 Å². The van der Waals surface area contributed by atoms with E-state index >= 15 is 0 Å². The van der Waals surface area contributed by atoms with Crippen molar-refractivity contribution in [2.75, 3.05) is 12.3 Å². The van der Waals surface area contributed by atoms with Crippen LogP contribution >= 0.6 is 24.0 Å². The fourth-order valence-corrected chi connectivity index (χ4v) is 1.15. The van der Waals surface area contributed by atoms with Crippen LogP contribution < -0.4 is 11.5 Å². The van der Waals surface area contributed by atoms with Crippen molar-refractivity contribution in [2.45, 2.75) is 6.04 Å². The number of hydrogen-bond donors (Lipinski definition) is 3. The van der Waals surface area contributed by atoms with E-state index in [4.69, 9.17) is 28.2 Å². The number of nitrogens with two attached hydrogens (primary N) is 2. The highest BCUT2D eigenvalue weighted by molar-refractivity contribution is 6.30. The number of halogens is 2. The number of nitrogen functional groups attached to an aromatic ring is 1. The zero-order chi connectivity index (χ0) is 9.14. The molecule has 0 unspecified atom stereocenters. The van der Waals surface area contributed by atoms with E-state index in [0.29, 0.717) is 16.3 Å². The molecule has 0 aliphatic carbocycles. The van der Waals surface area contributed by atoms with Gasteiger partial charge in [-0.05, 0) is 23.8 Å². The summed E-state index contributed by atoms with van der Waals surface area (Å²) in [7, 11) is 0. The molecule has 0 bridgehead atoms. The molecule has 1 atom stereocenters. The molecule has 0 aliphatic heterocycles. The molecule has 0 saturated heterocycles. The molecule has 1 aromatic carbocycles. The van der Waals surface area contributed by atoms with Crippen LogP contribution in [0.2, 0.25) is 5.02 Å². The monoisotopic (exact) mass is 222 g/mol. The van der Waals surface area contributed by atoms with Crippen LogP contribution in [0.5, 0.6) is 0 Å². The largest absolute Gasteiger partial charge is 0.398 e. The molecule has 1 aromatic rings. The van der Waals surface area contributed by atoms with Crippen molar-refractivity contribution < 1.29 is 5.11 Å². The SMILES string of the molecule is Cl.Nc1ccc(Cl)cc1[C@@H](N)CO. The van der Waals surface area contributed by atoms with E-state index in [-0.39, 0.29) is 19.0 Å². The van der Waals surface area contributed by atoms with E-state index in [9.17, 15) is 0 Å². The molecular weight excluding hydrogens is 211 g/mol. The standard InChI is InChI=1S/C8H11ClN2O.ClH/c9-5-1-2-7(10)6(3-5)8(11)4-12;/h1-3,8,12H,4,10-11H2;1H/t8-;/m0./s1. The Labute approximate surface area is 88.1 Å². The molecule has 0 aromatic heterocycles. The maximum Gasteiger partial charge on any atom is 0.0625 e. The third-order valence-corrected chi connectivity index (χ3v) is 1.88. The summed E-state index contributed by atoms with van der Waals surface area (Å²) >= 11 is 5.73. The van der Waals surface area contributed by atoms with Gasteiger partial charge in [-0.15, -0.1) is 12.4 Å². The lowest BCUT2D eigenvalue weighted by atomic mass is 10.1. The Morgan fingerprint density at radius 2 is 2.08 bits per heavy atom. The molecule has 0 spiro atoms. The summed E-state index contributed by atoms with van der Waals surface area (Å²) in [4.78, 5) is 0. The molecule has 0 saturated carbocycles. The summed E-state index contributed by atoms with van der Waals surface area (Å²) in [5, 5.41) is 9.35. The Kier molecular flexibility index (Phi) is 5.10. The van der Waals surface area contributed by atoms with E-state index in [0.717, 1.165) is 0 Å². The highest BCUT2D eigenvalue weighted by Crippen LogP contribution is 2.22. The van der Waals surface area contributed by atoms with Crippen LogP contribution in [-0.2, 0) is 0 Å². The van der Waals surface area contributed by atoms with Crippen LogP contribution in [0.4, 0.5) is 5.69 Å². The van der Waals surface area contributed by atoms with Crippen molar-refractivity contribution in [3.05, 3.63) is 28.8 Å². The summed E-state index contributed by atoms with van der Waals surface area (Å²) in [6, 6.07) is 4.57. The molecule has 0 radical (unpaired) electrons. The maximum atomic E-state index is 8.78. The maximum absolute atomic E-state index is 8.78. The number of aliphatic hydroxyl groups excluding tert-OH is 1. The van der Waals surface area contributed by atoms with Crippen LogP contribution in [0, 0.1) is 0 Å². The predicted molar refractivity (Wildman–Crippen MR) is 57.1 cm³/mol. The molecule has 0 heterocycles. The smallest absolute Gasteiger partial charge is 0.0625 e. The van der Waals surface area contributed by atoms with Crippen LogP contribution in [0.3, 0.4) is 0 Å². The lowest BCUT2D eigenvalue weighted by molar-refractivity contribution is 0.268. The van der Waals surface area contributed by atoms with E-state index in [1.807, 2.05) is 0 Å². The van der Waals surface area contributed by atoms with Gasteiger partial charge in [-0.3, -0.25) is 0 Å². The van der Waals surface area contributed by atoms with Crippen molar-refractivity contribution in [3.63, 3.8) is 0 Å². The van der Waals surface area contributed by atoms with Crippen molar-refractivity contribution in [1.82, 2.24) is 0 Å². The predicted octanol–water partition coefficient (Wildman–Crippen LogP) is 1.34. The molecule has 0 fully saturated rings. The van der Waals surface area contributed by atoms with Gasteiger partial charge in [0.1, 0.15) is 0 Å². The number of benzene rings is 1. The van der Waals surface area contributed by atoms with Crippen LogP contribution in [-0.4, -0.2) is 11.7 Å². The zero-order valence-electron chi connectivity index (χ0n) is 6.90. The Hall–Kier alpha value is -0.480. The minimum Gasteiger partial charge on any atom is -0.398 e. The average molecular weight is 223 g/mol. The highest BCUT2D eigenvalue weighted by Gasteiger charge is 2.08. The summed E-state index contributed by atoms with van der Waals surface area (Å²) in [5.74, 6) is 0. The van der Waals surface area contributed by atoms with Crippen LogP contribution in [0.1, 0.15) is 11.6 Å². The molecular formula is C8H12Cl2N2O. The first-order valence-electron chi connectivity index (χ1n) is 3.56. The Bertz CT molecular complexity index is 281. The normalized spacial score (nSPS) is 11.9. The van der Waals surface area contributed by atoms with Gasteiger partial charge in [0.15, 0.2) is 0 Å². The van der Waals surface area contributed by atoms with Gasteiger partial charge in [0.25, 0.3) is 0 Å². The lowest BCUT2D eigenvalue weighted by Gasteiger charge is -2.11. The fourth-order valence-electron chi connectivity index (χ4n) is 0.965. The topological polar surface area (TPSA) is 72.3 Å². The fraction of sp³-hybridized carbons (Fsp3) is 0.250. The zero-order valence-corrected chi connectivity index (χ0v) is 8.48. The van der Waals surface area contributed by atoms with Gasteiger partial charge in [-0.25, -0.2) is 0 Å². The number of anilines is 1. The molecule has 74 valence electrons. The Morgan fingerprint density at radius 1 is 1.46 bits per heavy atom. The second kappa shape index (κ2) is 5.29. The van der Waals surface area contributed by atoms with Gasteiger partial charge in [-0.2, -0.15) is 0 Å². The van der Waals surface area contributed by atoms with Crippen LogP contribution in [0.25, 0.3) is 0 Å². The van der Waals surface area contributed by atoms with Crippen LogP contribution in [0.15, 0.2) is 18.2 Å². The van der Waals surface area contributed by atoms with Crippen molar-refractivity contribution in [3.8, 4) is 0 Å². The summed E-state index contributed by atoms with van der Waals surface area (Å²) < 4.78 is 0. The first kappa shape index (κ1) is 12.5. The first-order valence-corrected chi connectivity index (χ1v) is 3.94. The highest BCUT2D eigenvalue weighted by atomic mass is 35.5. The minimum absolute atomic E-state index is 0. The molecule has 5 heteroatoms. The van der Waals surface area contributed by atoms with Crippen molar-refractivity contribution in [2.24, 2.45) is 5.73 Å². The third-order valence-electron chi connectivity index (χ3n) is 1.65. The molecule has 0 aliphatic rings. The van der Waals surface area contributed by atoms with E-state index in [1.54, 1.807) is 18.2 Å². The summed E-state index contributed by atoms with van der Waals surface area (Å²) in [6.07, 6.45) is 0. The van der Waals surface area contributed by atoms with Crippen molar-refractivity contribution >= 4 is 29.7 Å². The molecule has 0 amide bonds. The summed E-state index contributed by atoms with van der Waals surface area (Å²) in [5.41, 5.74) is 12.4. The number of rotatable bonds is 2. The van der Waals surface area contributed by atoms with Gasteiger partial charge in [0.2, 0.25) is 0 Å². The molecule has 3 nitrogen and oxygen atoms in total. The second-order valence-electron chi connectivity index (χ2n) is 2.56. The van der Waals surface area contributed by atoms with Crippen molar-refractivity contribution in [1.29, 1.82) is 0 Å². The van der Waals surface area contributed by atoms with E-state index in [1.165, 1.54) is 0 Å². The molecule has 13 heavy (non-hydrogen) atoms. The van der Waals surface area contributed by atoms with E-state index < -0.39 is 6.04 Å². The lowest BCUT2D eigenvalue weighted by Crippen LogP contribution is -2.16. The Balaban J connectivity index is 0.00000144. The van der Waals surface area contributed by atoms with E-state index in [2.05, 4.69) is 0 Å². The number of hydrogen-bond acceptors (Lipinski definition) is 3. The number of aliphatic hydroxyl groups is 1. The van der Waals surface area contributed by atoms with Gasteiger partial charge >= 0.3 is 0 Å². The third kappa shape index (κ3) is 3.04. The average Bonchev–Trinajstić information content (AvgIpc) is 2.08. The van der Waals surface area contributed by atoms with Gasteiger partial charge in [0, 0.05) is 10.7 Å². The first-order chi connectivity index (χ1) is 5.65. The molecule has 1 rings (SSSR count). The quantitative estimate of drug-likeness (QED) is 0.662. The Morgan fingerprint density at radius 3 is 2.62 bits per heavy atom.